The molecule has 0 aromatic rings. The second kappa shape index (κ2) is 7.52. The number of nitrogens with zero attached hydrogens (tertiary/aromatic N) is 1. The van der Waals surface area contributed by atoms with Crippen LogP contribution in [-0.2, 0) is 14.3 Å². The van der Waals surface area contributed by atoms with E-state index in [4.69, 9.17) is 5.11 Å². The van der Waals surface area contributed by atoms with Crippen LogP contribution >= 0.6 is 0 Å². The van der Waals surface area contributed by atoms with Crippen LogP contribution in [0.4, 0.5) is 4.79 Å². The molecule has 0 aliphatic carbocycles. The number of carboxylic acid groups (broad SMARTS) is 1. The van der Waals surface area contributed by atoms with Crippen LogP contribution in [-0.4, -0.2) is 53.7 Å². The summed E-state index contributed by atoms with van der Waals surface area (Å²) in [6.07, 6.45) is 0.269. The summed E-state index contributed by atoms with van der Waals surface area (Å²) in [5.41, 5.74) is 0. The van der Waals surface area contributed by atoms with Crippen molar-refractivity contribution in [2.24, 2.45) is 0 Å². The number of esters is 1. The molecular formula is C11H20N2O5. The van der Waals surface area contributed by atoms with Crippen molar-refractivity contribution in [1.82, 2.24) is 10.2 Å². The van der Waals surface area contributed by atoms with Crippen LogP contribution in [0.3, 0.4) is 0 Å². The quantitative estimate of drug-likeness (QED) is 0.676. The maximum Gasteiger partial charge on any atom is 0.326 e. The number of carboxylic acids is 1. The van der Waals surface area contributed by atoms with Gasteiger partial charge in [0.25, 0.3) is 0 Å². The largest absolute Gasteiger partial charge is 0.480 e. The van der Waals surface area contributed by atoms with E-state index < -0.39 is 24.0 Å². The maximum absolute atomic E-state index is 11.9. The van der Waals surface area contributed by atoms with Gasteiger partial charge >= 0.3 is 18.0 Å². The summed E-state index contributed by atoms with van der Waals surface area (Å²) in [4.78, 5) is 35.0. The Hall–Kier alpha value is -1.79. The van der Waals surface area contributed by atoms with E-state index in [0.717, 1.165) is 0 Å². The van der Waals surface area contributed by atoms with Crippen molar-refractivity contribution in [3.05, 3.63) is 0 Å². The lowest BCUT2D eigenvalue weighted by atomic mass is 10.2. The maximum atomic E-state index is 11.9. The van der Waals surface area contributed by atoms with Crippen LogP contribution in [0.2, 0.25) is 0 Å². The molecule has 1 unspecified atom stereocenters. The summed E-state index contributed by atoms with van der Waals surface area (Å²) < 4.78 is 4.48. The number of methoxy groups -OCH3 is 1. The smallest absolute Gasteiger partial charge is 0.326 e. The molecule has 0 saturated heterocycles. The van der Waals surface area contributed by atoms with Gasteiger partial charge in [0.15, 0.2) is 0 Å². The SMILES string of the molecule is CCC(NC(=O)N(CC(=O)OC)C(C)C)C(=O)O. The van der Waals surface area contributed by atoms with Crippen LogP contribution in [0, 0.1) is 0 Å². The zero-order valence-electron chi connectivity index (χ0n) is 11.1. The Labute approximate surface area is 106 Å². The van der Waals surface area contributed by atoms with Gasteiger partial charge in [-0.3, -0.25) is 4.79 Å². The molecule has 0 saturated carbocycles. The van der Waals surface area contributed by atoms with Gasteiger partial charge in [0, 0.05) is 6.04 Å². The molecule has 0 spiro atoms. The van der Waals surface area contributed by atoms with Gasteiger partial charge in [0.1, 0.15) is 12.6 Å². The summed E-state index contributed by atoms with van der Waals surface area (Å²) in [6.45, 7) is 4.89. The van der Waals surface area contributed by atoms with E-state index in [1.807, 2.05) is 0 Å². The molecule has 0 aliphatic rings. The van der Waals surface area contributed by atoms with Gasteiger partial charge < -0.3 is 20.1 Å². The fraction of sp³-hybridized carbons (Fsp3) is 0.727. The van der Waals surface area contributed by atoms with Gasteiger partial charge in [-0.05, 0) is 20.3 Å². The minimum Gasteiger partial charge on any atom is -0.480 e. The molecule has 0 heterocycles. The molecule has 1 atom stereocenters. The third kappa shape index (κ3) is 5.03. The first-order valence-corrected chi connectivity index (χ1v) is 5.70. The lowest BCUT2D eigenvalue weighted by Gasteiger charge is -2.27. The van der Waals surface area contributed by atoms with Crippen molar-refractivity contribution in [3.8, 4) is 0 Å². The van der Waals surface area contributed by atoms with E-state index in [1.165, 1.54) is 12.0 Å². The molecular weight excluding hydrogens is 240 g/mol. The molecule has 104 valence electrons. The van der Waals surface area contributed by atoms with Crippen molar-refractivity contribution >= 4 is 18.0 Å². The fourth-order valence-electron chi connectivity index (χ4n) is 1.26. The molecule has 0 fully saturated rings. The van der Waals surface area contributed by atoms with Crippen molar-refractivity contribution in [2.75, 3.05) is 13.7 Å². The summed E-state index contributed by atoms with van der Waals surface area (Å²) in [5, 5.41) is 11.2. The highest BCUT2D eigenvalue weighted by Crippen LogP contribution is 2.01. The van der Waals surface area contributed by atoms with Crippen molar-refractivity contribution in [1.29, 1.82) is 0 Å². The van der Waals surface area contributed by atoms with E-state index in [2.05, 4.69) is 10.1 Å². The minimum absolute atomic E-state index is 0.212. The number of urea groups is 1. The third-order valence-electron chi connectivity index (χ3n) is 2.42. The number of carbonyl (C=O) groups is 3. The topological polar surface area (TPSA) is 95.9 Å². The Morgan fingerprint density at radius 2 is 1.89 bits per heavy atom. The predicted molar refractivity (Wildman–Crippen MR) is 64.1 cm³/mol. The predicted octanol–water partition coefficient (Wildman–Crippen LogP) is 0.443. The summed E-state index contributed by atoms with van der Waals surface area (Å²) in [6, 6.07) is -1.79. The van der Waals surface area contributed by atoms with Crippen molar-refractivity contribution in [2.45, 2.75) is 39.3 Å². The highest BCUT2D eigenvalue weighted by molar-refractivity contribution is 5.85. The molecule has 2 amide bonds. The van der Waals surface area contributed by atoms with Crippen molar-refractivity contribution < 1.29 is 24.2 Å². The lowest BCUT2D eigenvalue weighted by Crippen LogP contribution is -2.51. The molecule has 0 aromatic heterocycles. The standard InChI is InChI=1S/C11H20N2O5/c1-5-8(10(15)16)12-11(17)13(7(2)3)6-9(14)18-4/h7-8H,5-6H2,1-4H3,(H,12,17)(H,15,16). The van der Waals surface area contributed by atoms with Gasteiger partial charge in [0.2, 0.25) is 0 Å². The first kappa shape index (κ1) is 16.2. The van der Waals surface area contributed by atoms with E-state index in [1.54, 1.807) is 20.8 Å². The molecule has 7 nitrogen and oxygen atoms in total. The number of amides is 2. The molecule has 0 aromatic carbocycles. The van der Waals surface area contributed by atoms with Crippen LogP contribution < -0.4 is 5.32 Å². The van der Waals surface area contributed by atoms with Crippen molar-refractivity contribution in [3.63, 3.8) is 0 Å². The number of nitrogens with one attached hydrogen (secondary N) is 1. The highest BCUT2D eigenvalue weighted by atomic mass is 16.5. The molecule has 0 bridgehead atoms. The van der Waals surface area contributed by atoms with Gasteiger partial charge in [-0.2, -0.15) is 0 Å². The normalized spacial score (nSPS) is 11.8. The number of carbonyl (C=O) groups excluding carboxylic acids is 2. The average Bonchev–Trinajstić information content (AvgIpc) is 2.31. The van der Waals surface area contributed by atoms with Crippen LogP contribution in [0.25, 0.3) is 0 Å². The van der Waals surface area contributed by atoms with Gasteiger partial charge in [-0.1, -0.05) is 6.92 Å². The van der Waals surface area contributed by atoms with E-state index >= 15 is 0 Å². The molecule has 2 N–H and O–H groups in total. The van der Waals surface area contributed by atoms with Gasteiger partial charge in [-0.25, -0.2) is 9.59 Å². The van der Waals surface area contributed by atoms with E-state index in [0.29, 0.717) is 0 Å². The number of hydrogen-bond donors (Lipinski definition) is 2. The first-order chi connectivity index (χ1) is 8.33. The zero-order chi connectivity index (χ0) is 14.3. The minimum atomic E-state index is -1.10. The van der Waals surface area contributed by atoms with Gasteiger partial charge in [-0.15, -0.1) is 0 Å². The molecule has 0 radical (unpaired) electrons. The second-order valence-corrected chi connectivity index (χ2v) is 4.05. The number of aliphatic carboxylic acids is 1. The van der Waals surface area contributed by atoms with Crippen LogP contribution in [0.15, 0.2) is 0 Å². The Morgan fingerprint density at radius 1 is 1.33 bits per heavy atom. The van der Waals surface area contributed by atoms with E-state index in [-0.39, 0.29) is 19.0 Å². The summed E-state index contributed by atoms with van der Waals surface area (Å²) in [7, 11) is 1.23. The Kier molecular flexibility index (Phi) is 6.77. The highest BCUT2D eigenvalue weighted by Gasteiger charge is 2.25. The molecule has 18 heavy (non-hydrogen) atoms. The third-order valence-corrected chi connectivity index (χ3v) is 2.42. The fourth-order valence-corrected chi connectivity index (χ4v) is 1.26. The average molecular weight is 260 g/mol. The number of rotatable bonds is 6. The van der Waals surface area contributed by atoms with E-state index in [9.17, 15) is 14.4 Å². The monoisotopic (exact) mass is 260 g/mol. The summed E-state index contributed by atoms with van der Waals surface area (Å²) >= 11 is 0. The lowest BCUT2D eigenvalue weighted by molar-refractivity contribution is -0.141. The Bertz CT molecular complexity index is 317. The Balaban J connectivity index is 4.66. The number of ether oxygens (including phenoxy) is 1. The molecule has 7 heteroatoms. The first-order valence-electron chi connectivity index (χ1n) is 5.70. The second-order valence-electron chi connectivity index (χ2n) is 4.05. The molecule has 0 rings (SSSR count). The zero-order valence-corrected chi connectivity index (χ0v) is 11.1. The van der Waals surface area contributed by atoms with Crippen LogP contribution in [0.5, 0.6) is 0 Å². The van der Waals surface area contributed by atoms with Crippen LogP contribution in [0.1, 0.15) is 27.2 Å². The van der Waals surface area contributed by atoms with Gasteiger partial charge in [0.05, 0.1) is 7.11 Å². The summed E-state index contributed by atoms with van der Waals surface area (Å²) in [5.74, 6) is -1.66. The molecule has 0 aliphatic heterocycles. The Morgan fingerprint density at radius 3 is 2.22 bits per heavy atom. The number of hydrogen-bond acceptors (Lipinski definition) is 4.